The number of nitrogens with zero attached hydrogens (tertiary/aromatic N) is 1. The molecule has 1 N–H and O–H groups in total. The molecule has 1 aromatic rings. The van der Waals surface area contributed by atoms with Crippen LogP contribution in [0.1, 0.15) is 33.6 Å². The van der Waals surface area contributed by atoms with Gasteiger partial charge in [0, 0.05) is 30.4 Å². The van der Waals surface area contributed by atoms with Crippen LogP contribution in [0.2, 0.25) is 0 Å². The SMILES string of the molecule is CCC1CNC(C)(CC)CN1c1ccc(F)c(Br)c1. The molecule has 0 spiro atoms. The van der Waals surface area contributed by atoms with Gasteiger partial charge in [0.05, 0.1) is 4.47 Å². The number of hydrogen-bond acceptors (Lipinski definition) is 2. The molecule has 1 saturated heterocycles. The molecule has 0 aromatic heterocycles. The first-order valence-corrected chi connectivity index (χ1v) is 7.75. The Hall–Kier alpha value is -0.610. The lowest BCUT2D eigenvalue weighted by Gasteiger charge is -2.47. The van der Waals surface area contributed by atoms with E-state index in [1.807, 2.05) is 12.1 Å². The lowest BCUT2D eigenvalue weighted by molar-refractivity contribution is 0.276. The molecule has 2 rings (SSSR count). The molecule has 0 radical (unpaired) electrons. The lowest BCUT2D eigenvalue weighted by Crippen LogP contribution is -2.62. The highest BCUT2D eigenvalue weighted by Crippen LogP contribution is 2.29. The minimum absolute atomic E-state index is 0.131. The maximum Gasteiger partial charge on any atom is 0.137 e. The summed E-state index contributed by atoms with van der Waals surface area (Å²) in [6.45, 7) is 8.60. The molecule has 106 valence electrons. The lowest BCUT2D eigenvalue weighted by atomic mass is 9.92. The van der Waals surface area contributed by atoms with E-state index in [2.05, 4.69) is 46.9 Å². The summed E-state index contributed by atoms with van der Waals surface area (Å²) in [7, 11) is 0. The Morgan fingerprint density at radius 3 is 2.79 bits per heavy atom. The number of hydrogen-bond donors (Lipinski definition) is 1. The van der Waals surface area contributed by atoms with E-state index in [-0.39, 0.29) is 11.4 Å². The Labute approximate surface area is 123 Å². The van der Waals surface area contributed by atoms with Crippen LogP contribution in [0.5, 0.6) is 0 Å². The summed E-state index contributed by atoms with van der Waals surface area (Å²) in [5.41, 5.74) is 1.23. The molecular formula is C15H22BrFN2. The van der Waals surface area contributed by atoms with Crippen LogP contribution in [0.4, 0.5) is 10.1 Å². The second kappa shape index (κ2) is 5.80. The van der Waals surface area contributed by atoms with Crippen LogP contribution >= 0.6 is 15.9 Å². The van der Waals surface area contributed by atoms with Crippen molar-refractivity contribution in [2.24, 2.45) is 0 Å². The van der Waals surface area contributed by atoms with Crippen molar-refractivity contribution in [1.29, 1.82) is 0 Å². The van der Waals surface area contributed by atoms with E-state index in [9.17, 15) is 4.39 Å². The van der Waals surface area contributed by atoms with Gasteiger partial charge in [-0.15, -0.1) is 0 Å². The molecular weight excluding hydrogens is 307 g/mol. The summed E-state index contributed by atoms with van der Waals surface area (Å²) in [4.78, 5) is 2.41. The van der Waals surface area contributed by atoms with Crippen molar-refractivity contribution in [3.8, 4) is 0 Å². The highest BCUT2D eigenvalue weighted by atomic mass is 79.9. The molecule has 0 saturated carbocycles. The van der Waals surface area contributed by atoms with Gasteiger partial charge >= 0.3 is 0 Å². The van der Waals surface area contributed by atoms with Gasteiger partial charge in [0.2, 0.25) is 0 Å². The first kappa shape index (κ1) is 14.8. The van der Waals surface area contributed by atoms with Gasteiger partial charge in [-0.1, -0.05) is 13.8 Å². The van der Waals surface area contributed by atoms with Gasteiger partial charge in [-0.2, -0.15) is 0 Å². The Morgan fingerprint density at radius 1 is 1.47 bits per heavy atom. The van der Waals surface area contributed by atoms with Crippen molar-refractivity contribution in [3.63, 3.8) is 0 Å². The third-order valence-corrected chi connectivity index (χ3v) is 4.82. The number of anilines is 1. The second-order valence-corrected chi connectivity index (χ2v) is 6.44. The van der Waals surface area contributed by atoms with E-state index < -0.39 is 0 Å². The molecule has 0 aliphatic carbocycles. The third-order valence-electron chi connectivity index (χ3n) is 4.21. The Kier molecular flexibility index (Phi) is 4.51. The minimum atomic E-state index is -0.204. The maximum absolute atomic E-state index is 13.4. The average Bonchev–Trinajstić information content (AvgIpc) is 2.42. The quantitative estimate of drug-likeness (QED) is 0.903. The van der Waals surface area contributed by atoms with Crippen molar-refractivity contribution in [1.82, 2.24) is 5.32 Å². The van der Waals surface area contributed by atoms with Crippen LogP contribution in [0, 0.1) is 5.82 Å². The number of rotatable bonds is 3. The summed E-state index contributed by atoms with van der Waals surface area (Å²) in [5.74, 6) is -0.204. The highest BCUT2D eigenvalue weighted by molar-refractivity contribution is 9.10. The highest BCUT2D eigenvalue weighted by Gasteiger charge is 2.33. The predicted octanol–water partition coefficient (Wildman–Crippen LogP) is 3.95. The van der Waals surface area contributed by atoms with Crippen LogP contribution in [-0.2, 0) is 0 Å². The van der Waals surface area contributed by atoms with E-state index in [4.69, 9.17) is 0 Å². The summed E-state index contributed by atoms with van der Waals surface area (Å²) >= 11 is 3.28. The van der Waals surface area contributed by atoms with Crippen LogP contribution < -0.4 is 10.2 Å². The molecule has 2 unspecified atom stereocenters. The predicted molar refractivity (Wildman–Crippen MR) is 82.2 cm³/mol. The Balaban J connectivity index is 2.29. The maximum atomic E-state index is 13.4. The second-order valence-electron chi connectivity index (χ2n) is 5.58. The van der Waals surface area contributed by atoms with Crippen molar-refractivity contribution in [3.05, 3.63) is 28.5 Å². The smallest absolute Gasteiger partial charge is 0.137 e. The van der Waals surface area contributed by atoms with Gasteiger partial charge < -0.3 is 10.2 Å². The van der Waals surface area contributed by atoms with E-state index in [0.29, 0.717) is 10.5 Å². The average molecular weight is 329 g/mol. The number of nitrogens with one attached hydrogen (secondary N) is 1. The molecule has 0 amide bonds. The normalized spacial score (nSPS) is 27.6. The van der Waals surface area contributed by atoms with Gasteiger partial charge in [-0.25, -0.2) is 4.39 Å². The van der Waals surface area contributed by atoms with Crippen LogP contribution in [0.15, 0.2) is 22.7 Å². The van der Waals surface area contributed by atoms with E-state index in [0.717, 1.165) is 31.6 Å². The Bertz CT molecular complexity index is 452. The minimum Gasteiger partial charge on any atom is -0.365 e. The van der Waals surface area contributed by atoms with Gasteiger partial charge in [0.25, 0.3) is 0 Å². The third kappa shape index (κ3) is 3.11. The number of benzene rings is 1. The largest absolute Gasteiger partial charge is 0.365 e. The molecule has 1 aromatic carbocycles. The number of halogens is 2. The van der Waals surface area contributed by atoms with E-state index in [1.165, 1.54) is 6.07 Å². The summed E-state index contributed by atoms with van der Waals surface area (Å²) in [6, 6.07) is 5.78. The van der Waals surface area contributed by atoms with Crippen molar-refractivity contribution in [2.45, 2.75) is 45.2 Å². The van der Waals surface area contributed by atoms with Gasteiger partial charge in [0.15, 0.2) is 0 Å². The fourth-order valence-corrected chi connectivity index (χ4v) is 2.97. The standard InChI is InChI=1S/C15H22BrFN2/c1-4-11-9-18-15(3,5-2)10-19(11)12-6-7-14(17)13(16)8-12/h6-8,11,18H,4-5,9-10H2,1-3H3. The van der Waals surface area contributed by atoms with Crippen molar-refractivity contribution < 1.29 is 4.39 Å². The first-order valence-electron chi connectivity index (χ1n) is 6.96. The topological polar surface area (TPSA) is 15.3 Å². The monoisotopic (exact) mass is 328 g/mol. The zero-order chi connectivity index (χ0) is 14.0. The molecule has 0 bridgehead atoms. The van der Waals surface area contributed by atoms with Gasteiger partial charge in [-0.3, -0.25) is 0 Å². The molecule has 2 nitrogen and oxygen atoms in total. The van der Waals surface area contributed by atoms with Gasteiger partial charge in [-0.05, 0) is 53.9 Å². The van der Waals surface area contributed by atoms with Crippen molar-refractivity contribution in [2.75, 3.05) is 18.0 Å². The molecule has 1 fully saturated rings. The summed E-state index contributed by atoms with van der Waals surface area (Å²) in [6.07, 6.45) is 2.17. The molecule has 1 aliphatic rings. The molecule has 1 heterocycles. The van der Waals surface area contributed by atoms with E-state index >= 15 is 0 Å². The van der Waals surface area contributed by atoms with Crippen LogP contribution in [0.3, 0.4) is 0 Å². The Morgan fingerprint density at radius 2 is 2.21 bits per heavy atom. The van der Waals surface area contributed by atoms with Crippen LogP contribution in [0.25, 0.3) is 0 Å². The summed E-state index contributed by atoms with van der Waals surface area (Å²) < 4.78 is 13.9. The van der Waals surface area contributed by atoms with Crippen molar-refractivity contribution >= 4 is 21.6 Å². The first-order chi connectivity index (χ1) is 8.99. The van der Waals surface area contributed by atoms with Crippen LogP contribution in [-0.4, -0.2) is 24.7 Å². The molecule has 1 aliphatic heterocycles. The summed E-state index contributed by atoms with van der Waals surface area (Å²) in [5, 5.41) is 3.64. The zero-order valence-electron chi connectivity index (χ0n) is 11.8. The number of piperazine rings is 1. The fraction of sp³-hybridized carbons (Fsp3) is 0.600. The zero-order valence-corrected chi connectivity index (χ0v) is 13.4. The fourth-order valence-electron chi connectivity index (χ4n) is 2.60. The van der Waals surface area contributed by atoms with E-state index in [1.54, 1.807) is 0 Å². The molecule has 2 atom stereocenters. The molecule has 19 heavy (non-hydrogen) atoms. The van der Waals surface area contributed by atoms with Gasteiger partial charge in [0.1, 0.15) is 5.82 Å². The molecule has 4 heteroatoms.